The van der Waals surface area contributed by atoms with Crippen molar-refractivity contribution in [2.45, 2.75) is 26.6 Å². The van der Waals surface area contributed by atoms with Crippen LogP contribution in [0.3, 0.4) is 0 Å². The first-order chi connectivity index (χ1) is 9.31. The molecule has 0 N–H and O–H groups in total. The zero-order chi connectivity index (χ0) is 15.1. The number of carbonyl (C=O) groups excluding carboxylic acids is 1. The molecule has 0 bridgehead atoms. The van der Waals surface area contributed by atoms with E-state index in [9.17, 15) is 10.1 Å². The summed E-state index contributed by atoms with van der Waals surface area (Å²) in [6.45, 7) is 8.50. The topological polar surface area (TPSA) is 54.5 Å². The standard InChI is InChI=1S/C15H18N2O2Si/c1-10-6-7-17-11(8-10)14(20(3,4)5)13(12(17)9-16)15(18)19-2/h6-8H,1-5H3. The molecule has 4 nitrogen and oxygen atoms in total. The second-order valence-electron chi connectivity index (χ2n) is 5.91. The second-order valence-corrected chi connectivity index (χ2v) is 10.9. The van der Waals surface area contributed by atoms with Crippen LogP contribution in [-0.4, -0.2) is 25.6 Å². The molecule has 0 aliphatic rings. The Balaban J connectivity index is 3.02. The largest absolute Gasteiger partial charge is 0.465 e. The molecule has 0 atom stereocenters. The number of hydrogen-bond acceptors (Lipinski definition) is 3. The number of ether oxygens (including phenoxy) is 1. The molecule has 104 valence electrons. The Bertz CT molecular complexity index is 733. The Kier molecular flexibility index (Phi) is 3.44. The summed E-state index contributed by atoms with van der Waals surface area (Å²) < 4.78 is 6.69. The van der Waals surface area contributed by atoms with Gasteiger partial charge in [-0.2, -0.15) is 5.26 Å². The van der Waals surface area contributed by atoms with Gasteiger partial charge >= 0.3 is 5.97 Å². The number of pyridine rings is 1. The number of nitrogens with zero attached hydrogens (tertiary/aromatic N) is 2. The van der Waals surface area contributed by atoms with Crippen molar-refractivity contribution in [1.29, 1.82) is 5.26 Å². The molecule has 0 radical (unpaired) electrons. The van der Waals surface area contributed by atoms with Crippen LogP contribution in [0.15, 0.2) is 18.3 Å². The lowest BCUT2D eigenvalue weighted by Crippen LogP contribution is -2.41. The van der Waals surface area contributed by atoms with Gasteiger partial charge in [0.25, 0.3) is 0 Å². The highest BCUT2D eigenvalue weighted by molar-refractivity contribution is 6.91. The monoisotopic (exact) mass is 286 g/mol. The number of esters is 1. The first-order valence-electron chi connectivity index (χ1n) is 6.44. The number of fused-ring (bicyclic) bond motifs is 1. The predicted octanol–water partition coefficient (Wildman–Crippen LogP) is 2.45. The van der Waals surface area contributed by atoms with Crippen molar-refractivity contribution < 1.29 is 9.53 Å². The Labute approximate surface area is 119 Å². The van der Waals surface area contributed by atoms with Crippen molar-refractivity contribution in [2.75, 3.05) is 7.11 Å². The van der Waals surface area contributed by atoms with Crippen molar-refractivity contribution in [1.82, 2.24) is 4.40 Å². The third-order valence-corrected chi connectivity index (χ3v) is 5.35. The number of nitriles is 1. The second kappa shape index (κ2) is 4.80. The molecule has 0 aromatic carbocycles. The minimum atomic E-state index is -1.81. The quantitative estimate of drug-likeness (QED) is 0.629. The van der Waals surface area contributed by atoms with E-state index in [0.717, 1.165) is 16.3 Å². The summed E-state index contributed by atoms with van der Waals surface area (Å²) in [6, 6.07) is 6.11. The van der Waals surface area contributed by atoms with Crippen molar-refractivity contribution in [2.24, 2.45) is 0 Å². The third-order valence-electron chi connectivity index (χ3n) is 3.34. The van der Waals surface area contributed by atoms with E-state index in [0.29, 0.717) is 11.3 Å². The molecule has 0 aliphatic heterocycles. The predicted molar refractivity (Wildman–Crippen MR) is 81.2 cm³/mol. The molecule has 0 unspecified atom stereocenters. The lowest BCUT2D eigenvalue weighted by molar-refractivity contribution is 0.0602. The molecule has 0 saturated carbocycles. The van der Waals surface area contributed by atoms with E-state index in [-0.39, 0.29) is 0 Å². The number of aromatic nitrogens is 1. The Morgan fingerprint density at radius 2 is 2.05 bits per heavy atom. The van der Waals surface area contributed by atoms with Gasteiger partial charge in [0.15, 0.2) is 0 Å². The molecular formula is C15H18N2O2Si. The van der Waals surface area contributed by atoms with E-state index in [1.807, 2.05) is 25.3 Å². The zero-order valence-corrected chi connectivity index (χ0v) is 13.4. The third kappa shape index (κ3) is 2.12. The molecule has 2 heterocycles. The zero-order valence-electron chi connectivity index (χ0n) is 12.4. The molecule has 0 amide bonds. The minimum Gasteiger partial charge on any atom is -0.465 e. The molecule has 2 aromatic heterocycles. The normalized spacial score (nSPS) is 11.4. The molecule has 0 spiro atoms. The fourth-order valence-electron chi connectivity index (χ4n) is 2.53. The van der Waals surface area contributed by atoms with Crippen LogP contribution in [0.1, 0.15) is 21.6 Å². The van der Waals surface area contributed by atoms with Gasteiger partial charge in [-0.15, -0.1) is 0 Å². The van der Waals surface area contributed by atoms with Crippen LogP contribution in [-0.2, 0) is 4.74 Å². The van der Waals surface area contributed by atoms with Crippen LogP contribution in [0.4, 0.5) is 0 Å². The van der Waals surface area contributed by atoms with Gasteiger partial charge in [-0.25, -0.2) is 4.79 Å². The average molecular weight is 286 g/mol. The van der Waals surface area contributed by atoms with E-state index in [4.69, 9.17) is 4.74 Å². The fourth-order valence-corrected chi connectivity index (χ4v) is 4.46. The maximum atomic E-state index is 12.2. The number of hydrogen-bond donors (Lipinski definition) is 0. The van der Waals surface area contributed by atoms with E-state index >= 15 is 0 Å². The smallest absolute Gasteiger partial charge is 0.340 e. The van der Waals surface area contributed by atoms with E-state index in [2.05, 4.69) is 25.7 Å². The highest BCUT2D eigenvalue weighted by Crippen LogP contribution is 2.21. The number of methoxy groups -OCH3 is 1. The Hall–Kier alpha value is -2.06. The summed E-state index contributed by atoms with van der Waals surface area (Å²) in [4.78, 5) is 12.2. The molecule has 0 aliphatic carbocycles. The van der Waals surface area contributed by atoms with Crippen molar-refractivity contribution >= 4 is 24.7 Å². The van der Waals surface area contributed by atoms with Crippen molar-refractivity contribution in [3.05, 3.63) is 35.2 Å². The van der Waals surface area contributed by atoms with Gasteiger partial charge in [0.2, 0.25) is 0 Å². The molecule has 2 rings (SSSR count). The number of aryl methyl sites for hydroxylation is 1. The van der Waals surface area contributed by atoms with Gasteiger partial charge < -0.3 is 9.14 Å². The van der Waals surface area contributed by atoms with Crippen molar-refractivity contribution in [3.63, 3.8) is 0 Å². The molecule has 0 saturated heterocycles. The van der Waals surface area contributed by atoms with E-state index in [1.165, 1.54) is 7.11 Å². The summed E-state index contributed by atoms with van der Waals surface area (Å²) in [5, 5.41) is 10.4. The maximum Gasteiger partial charge on any atom is 0.340 e. The summed E-state index contributed by atoms with van der Waals surface area (Å²) in [7, 11) is -0.460. The molecule has 20 heavy (non-hydrogen) atoms. The highest BCUT2D eigenvalue weighted by Gasteiger charge is 2.32. The molecular weight excluding hydrogens is 268 g/mol. The van der Waals surface area contributed by atoms with Crippen LogP contribution >= 0.6 is 0 Å². The van der Waals surface area contributed by atoms with Crippen LogP contribution in [0.25, 0.3) is 5.52 Å². The van der Waals surface area contributed by atoms with Crippen molar-refractivity contribution in [3.8, 4) is 6.07 Å². The molecule has 2 aromatic rings. The summed E-state index contributed by atoms with van der Waals surface area (Å²) in [6.07, 6.45) is 1.85. The fraction of sp³-hybridized carbons (Fsp3) is 0.333. The first kappa shape index (κ1) is 14.3. The summed E-state index contributed by atoms with van der Waals surface area (Å²) in [5.74, 6) is -0.430. The van der Waals surface area contributed by atoms with E-state index < -0.39 is 14.0 Å². The molecule has 0 fully saturated rings. The SMILES string of the molecule is COC(=O)c1c([Si](C)(C)C)c2cc(C)ccn2c1C#N. The van der Waals surface area contributed by atoms with Gasteiger partial charge in [0.1, 0.15) is 11.8 Å². The van der Waals surface area contributed by atoms with Crippen LogP contribution in [0.5, 0.6) is 0 Å². The van der Waals surface area contributed by atoms with Crippen LogP contribution in [0, 0.1) is 18.3 Å². The van der Waals surface area contributed by atoms with E-state index in [1.54, 1.807) is 4.40 Å². The summed E-state index contributed by atoms with van der Waals surface area (Å²) >= 11 is 0. The van der Waals surface area contributed by atoms with Gasteiger partial charge in [0.05, 0.1) is 20.7 Å². The Morgan fingerprint density at radius 1 is 1.40 bits per heavy atom. The highest BCUT2D eigenvalue weighted by atomic mass is 28.3. The lowest BCUT2D eigenvalue weighted by Gasteiger charge is -2.17. The van der Waals surface area contributed by atoms with Gasteiger partial charge in [0, 0.05) is 11.7 Å². The average Bonchev–Trinajstić information content (AvgIpc) is 2.70. The Morgan fingerprint density at radius 3 is 2.55 bits per heavy atom. The number of rotatable bonds is 2. The number of carbonyl (C=O) groups is 1. The van der Waals surface area contributed by atoms with Gasteiger partial charge in [-0.1, -0.05) is 19.6 Å². The van der Waals surface area contributed by atoms with Gasteiger partial charge in [-0.3, -0.25) is 0 Å². The summed E-state index contributed by atoms with van der Waals surface area (Å²) in [5.41, 5.74) is 2.85. The van der Waals surface area contributed by atoms with Gasteiger partial charge in [-0.05, 0) is 29.8 Å². The maximum absolute atomic E-state index is 12.2. The lowest BCUT2D eigenvalue weighted by atomic mass is 10.2. The first-order valence-corrected chi connectivity index (χ1v) is 9.94. The van der Waals surface area contributed by atoms with Crippen LogP contribution in [0.2, 0.25) is 19.6 Å². The minimum absolute atomic E-state index is 0.365. The molecule has 5 heteroatoms. The van der Waals surface area contributed by atoms with Crippen LogP contribution < -0.4 is 5.19 Å².